The average Bonchev–Trinajstić information content (AvgIpc) is 3.75. The number of benzene rings is 2. The first kappa shape index (κ1) is 31.6. The maximum absolute atomic E-state index is 16.8. The number of hydrogen-bond acceptors (Lipinski definition) is 8. The number of pyridine rings is 1. The highest BCUT2D eigenvalue weighted by Crippen LogP contribution is 2.42. The molecule has 3 aliphatic heterocycles. The Morgan fingerprint density at radius 1 is 1.19 bits per heavy atom. The molecule has 5 heterocycles. The second kappa shape index (κ2) is 11.6. The van der Waals surface area contributed by atoms with Crippen molar-refractivity contribution in [1.82, 2.24) is 28.5 Å². The zero-order chi connectivity index (χ0) is 33.2. The van der Waals surface area contributed by atoms with E-state index in [0.29, 0.717) is 30.5 Å². The summed E-state index contributed by atoms with van der Waals surface area (Å²) >= 11 is 0. The zero-order valence-electron chi connectivity index (χ0n) is 25.9. The molecule has 0 saturated carbocycles. The lowest BCUT2D eigenvalue weighted by molar-refractivity contribution is 0.107. The van der Waals surface area contributed by atoms with Crippen LogP contribution in [-0.2, 0) is 10.2 Å². The molecular weight excluding hydrogens is 633 g/mol. The highest BCUT2D eigenvalue weighted by molar-refractivity contribution is 7.86. The number of alkyl halides is 1. The second-order valence-electron chi connectivity index (χ2n) is 12.7. The largest absolute Gasteiger partial charge is 0.508 e. The minimum Gasteiger partial charge on any atom is -0.508 e. The van der Waals surface area contributed by atoms with E-state index < -0.39 is 39.5 Å². The third-order valence-electron chi connectivity index (χ3n) is 9.70. The Labute approximate surface area is 270 Å². The van der Waals surface area contributed by atoms with Crippen molar-refractivity contribution in [2.75, 3.05) is 46.9 Å². The number of halogens is 3. The van der Waals surface area contributed by atoms with Gasteiger partial charge in [0.1, 0.15) is 35.6 Å². The molecule has 0 radical (unpaired) electrons. The number of terminal acetylenes is 1. The van der Waals surface area contributed by atoms with Crippen molar-refractivity contribution in [1.29, 1.82) is 0 Å². The van der Waals surface area contributed by atoms with Crippen molar-refractivity contribution in [2.45, 2.75) is 43.3 Å². The normalized spacial score (nSPS) is 23.6. The van der Waals surface area contributed by atoms with Crippen LogP contribution < -0.4 is 4.74 Å². The van der Waals surface area contributed by atoms with Gasteiger partial charge in [0.05, 0.1) is 16.8 Å². The summed E-state index contributed by atoms with van der Waals surface area (Å²) in [4.78, 5) is 15.6. The number of hydrogen-bond donors (Lipinski definition) is 1. The SMILES string of the molecule is C#Cc1c(F)ccc2cc(O)cc(-c3ncc4c(C5CCN(S(=O)(=O)N(C)C)C5)nc(OC[C@@]56CCCN5C[C@H](F)C6)nc4c3F)c12. The van der Waals surface area contributed by atoms with Gasteiger partial charge in [0, 0.05) is 68.6 Å². The zero-order valence-corrected chi connectivity index (χ0v) is 26.7. The Bertz CT molecular complexity index is 2070. The summed E-state index contributed by atoms with van der Waals surface area (Å²) in [5, 5.41) is 11.4. The first-order valence-electron chi connectivity index (χ1n) is 15.4. The van der Waals surface area contributed by atoms with E-state index in [1.165, 1.54) is 48.9 Å². The van der Waals surface area contributed by atoms with Crippen LogP contribution in [0.2, 0.25) is 0 Å². The molecule has 14 heteroatoms. The first-order chi connectivity index (χ1) is 22.4. The lowest BCUT2D eigenvalue weighted by Gasteiger charge is -2.30. The molecule has 3 atom stereocenters. The average molecular weight is 667 g/mol. The van der Waals surface area contributed by atoms with Gasteiger partial charge in [-0.25, -0.2) is 13.2 Å². The van der Waals surface area contributed by atoms with Gasteiger partial charge in [-0.15, -0.1) is 6.42 Å². The fourth-order valence-electron chi connectivity index (χ4n) is 7.41. The molecule has 3 aliphatic rings. The van der Waals surface area contributed by atoms with Gasteiger partial charge in [-0.1, -0.05) is 12.0 Å². The number of aromatic hydroxyl groups is 1. The van der Waals surface area contributed by atoms with Crippen LogP contribution in [0.25, 0.3) is 32.9 Å². The van der Waals surface area contributed by atoms with E-state index in [1.54, 1.807) is 0 Å². The molecule has 246 valence electrons. The van der Waals surface area contributed by atoms with E-state index in [4.69, 9.17) is 11.2 Å². The Morgan fingerprint density at radius 2 is 2.00 bits per heavy atom. The van der Waals surface area contributed by atoms with Crippen LogP contribution in [0.3, 0.4) is 0 Å². The quantitative estimate of drug-likeness (QED) is 0.290. The van der Waals surface area contributed by atoms with Crippen molar-refractivity contribution in [3.63, 3.8) is 0 Å². The standard InChI is InChI=1S/C33H33F3N6O4S/c1-4-23-26(35)7-6-19-12-22(43)13-24(27(19)23)30-28(36)31-25(15-37-30)29(20-8-11-42(16-20)47(44,45)40(2)3)38-32(39-31)46-18-33-9-5-10-41(33)17-21(34)14-33/h1,6-7,12-13,15,20-21,43H,5,8-11,14,16-18H2,2-3H3/t20?,21-,33+/m1/s1. The molecule has 2 aromatic heterocycles. The lowest BCUT2D eigenvalue weighted by atomic mass is 9.95. The van der Waals surface area contributed by atoms with E-state index in [9.17, 15) is 22.3 Å². The lowest BCUT2D eigenvalue weighted by Crippen LogP contribution is -2.43. The Hall–Kier alpha value is -4.03. The summed E-state index contributed by atoms with van der Waals surface area (Å²) in [6.45, 7) is 1.51. The number of rotatable bonds is 7. The minimum atomic E-state index is -3.71. The molecule has 1 unspecified atom stereocenters. The van der Waals surface area contributed by atoms with Gasteiger partial charge in [-0.2, -0.15) is 27.0 Å². The molecule has 0 bridgehead atoms. The number of nitrogens with zero attached hydrogens (tertiary/aromatic N) is 6. The van der Waals surface area contributed by atoms with Crippen LogP contribution in [0.1, 0.15) is 42.9 Å². The first-order valence-corrected chi connectivity index (χ1v) is 16.8. The maximum Gasteiger partial charge on any atom is 0.317 e. The molecule has 1 N–H and O–H groups in total. The summed E-state index contributed by atoms with van der Waals surface area (Å²) in [6, 6.07) is 5.15. The van der Waals surface area contributed by atoms with Crippen molar-refractivity contribution >= 4 is 31.9 Å². The van der Waals surface area contributed by atoms with Crippen molar-refractivity contribution in [3.8, 4) is 35.4 Å². The predicted octanol–water partition coefficient (Wildman–Crippen LogP) is 4.36. The van der Waals surface area contributed by atoms with Gasteiger partial charge in [-0.05, 0) is 49.4 Å². The van der Waals surface area contributed by atoms with E-state index in [2.05, 4.69) is 25.8 Å². The highest BCUT2D eigenvalue weighted by atomic mass is 32.2. The Morgan fingerprint density at radius 3 is 2.77 bits per heavy atom. The Kier molecular flexibility index (Phi) is 7.78. The number of aromatic nitrogens is 3. The van der Waals surface area contributed by atoms with E-state index in [1.807, 2.05) is 0 Å². The van der Waals surface area contributed by atoms with Gasteiger partial charge in [0.25, 0.3) is 10.2 Å². The number of phenolic OH excluding ortho intramolecular Hbond substituents is 1. The summed E-state index contributed by atoms with van der Waals surface area (Å²) in [5.74, 6) is 0.128. The van der Waals surface area contributed by atoms with Crippen LogP contribution in [0.15, 0.2) is 30.5 Å². The van der Waals surface area contributed by atoms with Crippen LogP contribution in [0.5, 0.6) is 11.8 Å². The fourth-order valence-corrected chi connectivity index (χ4v) is 8.58. The molecule has 7 rings (SSSR count). The molecule has 3 saturated heterocycles. The van der Waals surface area contributed by atoms with Crippen molar-refractivity contribution < 1.29 is 31.4 Å². The van der Waals surface area contributed by atoms with Crippen LogP contribution in [-0.4, -0.2) is 101 Å². The summed E-state index contributed by atoms with van der Waals surface area (Å²) in [6.07, 6.45) is 8.44. The van der Waals surface area contributed by atoms with E-state index in [0.717, 1.165) is 23.7 Å². The van der Waals surface area contributed by atoms with Crippen LogP contribution in [0, 0.1) is 24.0 Å². The molecule has 4 aromatic rings. The number of ether oxygens (including phenoxy) is 1. The number of phenols is 1. The van der Waals surface area contributed by atoms with E-state index >= 15 is 4.39 Å². The molecule has 10 nitrogen and oxygen atoms in total. The van der Waals surface area contributed by atoms with Gasteiger partial charge in [0.2, 0.25) is 0 Å². The van der Waals surface area contributed by atoms with Crippen LogP contribution in [0.4, 0.5) is 13.2 Å². The molecule has 3 fully saturated rings. The smallest absolute Gasteiger partial charge is 0.317 e. The van der Waals surface area contributed by atoms with Crippen molar-refractivity contribution in [3.05, 3.63) is 53.4 Å². The van der Waals surface area contributed by atoms with Crippen LogP contribution >= 0.6 is 0 Å². The van der Waals surface area contributed by atoms with Gasteiger partial charge in [-0.3, -0.25) is 9.88 Å². The topological polar surface area (TPSA) is 112 Å². The fraction of sp³-hybridized carbons (Fsp3) is 0.424. The van der Waals surface area contributed by atoms with Crippen molar-refractivity contribution in [2.24, 2.45) is 0 Å². The molecule has 0 amide bonds. The Balaban J connectivity index is 1.37. The van der Waals surface area contributed by atoms with Gasteiger partial charge in [0.15, 0.2) is 5.82 Å². The molecule has 0 spiro atoms. The predicted molar refractivity (Wildman–Crippen MR) is 170 cm³/mol. The summed E-state index contributed by atoms with van der Waals surface area (Å²) in [5.41, 5.74) is -0.557. The third-order valence-corrected chi connectivity index (χ3v) is 11.6. The van der Waals surface area contributed by atoms with Gasteiger partial charge < -0.3 is 9.84 Å². The second-order valence-corrected chi connectivity index (χ2v) is 14.9. The molecule has 47 heavy (non-hydrogen) atoms. The summed E-state index contributed by atoms with van der Waals surface area (Å²) < 4.78 is 80.5. The van der Waals surface area contributed by atoms with Gasteiger partial charge >= 0.3 is 6.01 Å². The molecule has 0 aliphatic carbocycles. The minimum absolute atomic E-state index is 0.0685. The molecule has 2 aromatic carbocycles. The monoisotopic (exact) mass is 666 g/mol. The highest BCUT2D eigenvalue weighted by Gasteiger charge is 2.49. The van der Waals surface area contributed by atoms with E-state index in [-0.39, 0.29) is 64.6 Å². The maximum atomic E-state index is 16.8. The molecular formula is C33H33F3N6O4S. The summed E-state index contributed by atoms with van der Waals surface area (Å²) in [7, 11) is -0.807. The number of fused-ring (bicyclic) bond motifs is 3. The third kappa shape index (κ3) is 5.25.